The molecular formula is C13H21BN2O5. The highest BCUT2D eigenvalue weighted by atomic mass is 16.5. The summed E-state index contributed by atoms with van der Waals surface area (Å²) in [7, 11) is 5.88. The standard InChI is InChI=1S/C13H21BN2O5/c1-4-20-8-11(18)16-13(14,6-5-10(17)7-15)12(19)21-9(2)3/h7,9,15H,4-6,8H2,1-3H3,(H,16,18). The summed E-state index contributed by atoms with van der Waals surface area (Å²) < 4.78 is 9.92. The summed E-state index contributed by atoms with van der Waals surface area (Å²) in [5.74, 6) is -1.91. The van der Waals surface area contributed by atoms with Crippen LogP contribution in [0.1, 0.15) is 33.6 Å². The summed E-state index contributed by atoms with van der Waals surface area (Å²) in [5.41, 5.74) is -1.82. The number of carbonyl (C=O) groups is 3. The molecule has 2 N–H and O–H groups in total. The number of nitrogens with one attached hydrogen (secondary N) is 2. The van der Waals surface area contributed by atoms with E-state index in [0.29, 0.717) is 12.8 Å². The lowest BCUT2D eigenvalue weighted by atomic mass is 9.73. The molecule has 0 heterocycles. The van der Waals surface area contributed by atoms with E-state index in [4.69, 9.17) is 22.7 Å². The maximum absolute atomic E-state index is 12.0. The van der Waals surface area contributed by atoms with Crippen LogP contribution < -0.4 is 5.32 Å². The molecule has 0 aromatic carbocycles. The van der Waals surface area contributed by atoms with E-state index in [1.165, 1.54) is 0 Å². The predicted octanol–water partition coefficient (Wildman–Crippen LogP) is -0.0456. The van der Waals surface area contributed by atoms with Crippen molar-refractivity contribution in [3.8, 4) is 0 Å². The number of hydrogen-bond acceptors (Lipinski definition) is 6. The first-order valence-corrected chi connectivity index (χ1v) is 6.67. The number of rotatable bonds is 10. The third kappa shape index (κ3) is 7.60. The fraction of sp³-hybridized carbons (Fsp3) is 0.692. The molecule has 2 radical (unpaired) electrons. The zero-order valence-electron chi connectivity index (χ0n) is 12.6. The number of esters is 1. The van der Waals surface area contributed by atoms with Gasteiger partial charge in [-0.05, 0) is 27.2 Å². The molecule has 0 aliphatic rings. The molecule has 0 spiro atoms. The Hall–Kier alpha value is -1.70. The summed E-state index contributed by atoms with van der Waals surface area (Å²) >= 11 is 0. The van der Waals surface area contributed by atoms with Crippen molar-refractivity contribution in [1.29, 1.82) is 5.41 Å². The van der Waals surface area contributed by atoms with Crippen molar-refractivity contribution in [2.75, 3.05) is 13.2 Å². The summed E-state index contributed by atoms with van der Waals surface area (Å²) in [5, 5.41) is 9.16. The second-order valence-corrected chi connectivity index (χ2v) is 4.72. The molecule has 21 heavy (non-hydrogen) atoms. The first-order valence-electron chi connectivity index (χ1n) is 6.67. The van der Waals surface area contributed by atoms with Crippen LogP contribution in [0.2, 0.25) is 0 Å². The molecule has 0 fully saturated rings. The number of ketones is 1. The molecule has 0 aliphatic carbocycles. The zero-order valence-corrected chi connectivity index (χ0v) is 12.6. The normalized spacial score (nSPS) is 13.3. The van der Waals surface area contributed by atoms with Crippen molar-refractivity contribution in [3.63, 3.8) is 0 Å². The topological polar surface area (TPSA) is 106 Å². The summed E-state index contributed by atoms with van der Waals surface area (Å²) in [6.07, 6.45) is -0.0918. The van der Waals surface area contributed by atoms with E-state index < -0.39 is 29.2 Å². The van der Waals surface area contributed by atoms with Crippen LogP contribution >= 0.6 is 0 Å². The summed E-state index contributed by atoms with van der Waals surface area (Å²) in [6.45, 7) is 5.10. The lowest BCUT2D eigenvalue weighted by molar-refractivity contribution is -0.154. The minimum atomic E-state index is -1.82. The fourth-order valence-electron chi connectivity index (χ4n) is 1.41. The molecule has 0 aromatic heterocycles. The highest BCUT2D eigenvalue weighted by Gasteiger charge is 2.36. The summed E-state index contributed by atoms with van der Waals surface area (Å²) in [6, 6.07) is 0. The zero-order chi connectivity index (χ0) is 16.5. The van der Waals surface area contributed by atoms with Crippen molar-refractivity contribution in [3.05, 3.63) is 0 Å². The van der Waals surface area contributed by atoms with Crippen LogP contribution in [0, 0.1) is 5.41 Å². The molecule has 116 valence electrons. The monoisotopic (exact) mass is 296 g/mol. The SMILES string of the molecule is [B]C(CCC(=O)C=N)(NC(=O)COCC)C(=O)OC(C)C. The van der Waals surface area contributed by atoms with Crippen molar-refractivity contribution < 1.29 is 23.9 Å². The third-order valence-corrected chi connectivity index (χ3v) is 2.43. The summed E-state index contributed by atoms with van der Waals surface area (Å²) in [4.78, 5) is 34.9. The Kier molecular flexibility index (Phi) is 8.53. The molecule has 0 rings (SSSR count). The maximum atomic E-state index is 12.0. The average molecular weight is 296 g/mol. The molecule has 7 nitrogen and oxygen atoms in total. The van der Waals surface area contributed by atoms with E-state index in [1.807, 2.05) is 0 Å². The Morgan fingerprint density at radius 3 is 2.48 bits per heavy atom. The Morgan fingerprint density at radius 2 is 2.00 bits per heavy atom. The third-order valence-electron chi connectivity index (χ3n) is 2.43. The van der Waals surface area contributed by atoms with Crippen LogP contribution in [0.4, 0.5) is 0 Å². The van der Waals surface area contributed by atoms with Gasteiger partial charge in [-0.25, -0.2) is 0 Å². The second kappa shape index (κ2) is 9.28. The van der Waals surface area contributed by atoms with E-state index in [-0.39, 0.29) is 19.4 Å². The van der Waals surface area contributed by atoms with Crippen LogP contribution in [0.25, 0.3) is 0 Å². The van der Waals surface area contributed by atoms with Gasteiger partial charge in [0.15, 0.2) is 5.78 Å². The Morgan fingerprint density at radius 1 is 1.38 bits per heavy atom. The van der Waals surface area contributed by atoms with Gasteiger partial charge >= 0.3 is 5.97 Å². The van der Waals surface area contributed by atoms with E-state index in [9.17, 15) is 14.4 Å². The smallest absolute Gasteiger partial charge is 0.322 e. The van der Waals surface area contributed by atoms with Crippen molar-refractivity contribution in [2.24, 2.45) is 0 Å². The van der Waals surface area contributed by atoms with E-state index in [1.54, 1.807) is 20.8 Å². The van der Waals surface area contributed by atoms with Crippen LogP contribution in [0.15, 0.2) is 0 Å². The molecule has 0 aromatic rings. The van der Waals surface area contributed by atoms with E-state index >= 15 is 0 Å². The van der Waals surface area contributed by atoms with Crippen LogP contribution in [-0.4, -0.2) is 56.5 Å². The molecule has 0 aliphatic heterocycles. The van der Waals surface area contributed by atoms with Gasteiger partial charge in [0.05, 0.1) is 17.8 Å². The lowest BCUT2D eigenvalue weighted by Gasteiger charge is -2.30. The lowest BCUT2D eigenvalue weighted by Crippen LogP contribution is -2.57. The van der Waals surface area contributed by atoms with Gasteiger partial charge in [0.2, 0.25) is 5.91 Å². The average Bonchev–Trinajstić information content (AvgIpc) is 2.41. The van der Waals surface area contributed by atoms with Crippen molar-refractivity contribution in [2.45, 2.75) is 45.2 Å². The highest BCUT2D eigenvalue weighted by molar-refractivity contribution is 6.30. The van der Waals surface area contributed by atoms with Gasteiger partial charge < -0.3 is 20.2 Å². The Bertz CT molecular complexity index is 400. The Balaban J connectivity index is 4.88. The van der Waals surface area contributed by atoms with Gasteiger partial charge in [0.1, 0.15) is 14.5 Å². The number of ether oxygens (including phenoxy) is 2. The highest BCUT2D eigenvalue weighted by Crippen LogP contribution is 2.13. The number of Topliss-reactive ketones (excluding diaryl/α,β-unsaturated/α-hetero) is 1. The molecular weight excluding hydrogens is 275 g/mol. The van der Waals surface area contributed by atoms with E-state index in [0.717, 1.165) is 0 Å². The Labute approximate surface area is 125 Å². The fourth-order valence-corrected chi connectivity index (χ4v) is 1.41. The minimum Gasteiger partial charge on any atom is -0.462 e. The molecule has 1 atom stereocenters. The van der Waals surface area contributed by atoms with Gasteiger partial charge in [-0.3, -0.25) is 14.4 Å². The molecule has 0 saturated heterocycles. The number of amides is 1. The van der Waals surface area contributed by atoms with Gasteiger partial charge in [-0.2, -0.15) is 0 Å². The van der Waals surface area contributed by atoms with Crippen molar-refractivity contribution in [1.82, 2.24) is 5.32 Å². The molecule has 1 amide bonds. The molecule has 0 saturated carbocycles. The van der Waals surface area contributed by atoms with E-state index in [2.05, 4.69) is 5.32 Å². The molecule has 1 unspecified atom stereocenters. The quantitative estimate of drug-likeness (QED) is 0.334. The van der Waals surface area contributed by atoms with Gasteiger partial charge in [-0.15, -0.1) is 0 Å². The van der Waals surface area contributed by atoms with Crippen LogP contribution in [0.3, 0.4) is 0 Å². The second-order valence-electron chi connectivity index (χ2n) is 4.72. The van der Waals surface area contributed by atoms with Crippen molar-refractivity contribution >= 4 is 31.7 Å². The van der Waals surface area contributed by atoms with Gasteiger partial charge in [-0.1, -0.05) is 0 Å². The largest absolute Gasteiger partial charge is 0.462 e. The maximum Gasteiger partial charge on any atom is 0.322 e. The minimum absolute atomic E-state index is 0.151. The molecule has 8 heteroatoms. The van der Waals surface area contributed by atoms with Gasteiger partial charge in [0.25, 0.3) is 0 Å². The number of carbonyl (C=O) groups excluding carboxylic acids is 3. The van der Waals surface area contributed by atoms with Gasteiger partial charge in [0, 0.05) is 13.0 Å². The van der Waals surface area contributed by atoms with Crippen LogP contribution in [-0.2, 0) is 23.9 Å². The number of hydrogen-bond donors (Lipinski definition) is 2. The molecule has 0 bridgehead atoms. The predicted molar refractivity (Wildman–Crippen MR) is 77.4 cm³/mol. The first kappa shape index (κ1) is 19.3. The first-order chi connectivity index (χ1) is 9.75. The van der Waals surface area contributed by atoms with Crippen LogP contribution in [0.5, 0.6) is 0 Å².